The van der Waals surface area contributed by atoms with E-state index in [9.17, 15) is 0 Å². The van der Waals surface area contributed by atoms with Gasteiger partial charge in [0.05, 0.1) is 5.69 Å². The van der Waals surface area contributed by atoms with Crippen LogP contribution in [0.25, 0.3) is 21.5 Å². The highest BCUT2D eigenvalue weighted by Gasteiger charge is 2.09. The van der Waals surface area contributed by atoms with Gasteiger partial charge in [-0.2, -0.15) is 0 Å². The first-order valence-corrected chi connectivity index (χ1v) is 9.45. The van der Waals surface area contributed by atoms with Gasteiger partial charge >= 0.3 is 0 Å². The topological polar surface area (TPSA) is 40.7 Å². The molecule has 0 aliphatic heterocycles. The van der Waals surface area contributed by atoms with Gasteiger partial charge in [-0.3, -0.25) is 0 Å². The highest BCUT2D eigenvalue weighted by atomic mass is 32.1. The number of hydrogen-bond donors (Lipinski definition) is 2. The van der Waals surface area contributed by atoms with E-state index in [0.717, 1.165) is 30.1 Å². The summed E-state index contributed by atoms with van der Waals surface area (Å²) in [6.45, 7) is 0.982. The molecule has 4 heteroatoms. The fourth-order valence-corrected chi connectivity index (χ4v) is 3.92. The highest BCUT2D eigenvalue weighted by molar-refractivity contribution is 7.13. The quantitative estimate of drug-likeness (QED) is 0.533. The molecule has 0 amide bonds. The molecular formula is C21H21N3S. The molecule has 0 aliphatic rings. The van der Waals surface area contributed by atoms with Crippen LogP contribution in [0.3, 0.4) is 0 Å². The molecule has 4 rings (SSSR count). The number of aromatic amines is 1. The van der Waals surface area contributed by atoms with E-state index in [1.807, 2.05) is 13.1 Å². The monoisotopic (exact) mass is 347 g/mol. The van der Waals surface area contributed by atoms with Crippen LogP contribution in [-0.4, -0.2) is 23.6 Å². The van der Waals surface area contributed by atoms with Crippen molar-refractivity contribution >= 4 is 22.2 Å². The van der Waals surface area contributed by atoms with E-state index in [1.54, 1.807) is 11.3 Å². The molecule has 2 aromatic carbocycles. The number of likely N-dealkylation sites (N-methyl/N-ethyl adjacent to an activating group) is 1. The molecule has 0 unspecified atom stereocenters. The first-order valence-electron chi connectivity index (χ1n) is 8.57. The number of nitrogens with zero attached hydrogens (tertiary/aromatic N) is 1. The van der Waals surface area contributed by atoms with Crippen LogP contribution in [0, 0.1) is 0 Å². The lowest BCUT2D eigenvalue weighted by atomic mass is 10.1. The lowest BCUT2D eigenvalue weighted by Gasteiger charge is -2.01. The Hall–Kier alpha value is -2.43. The molecule has 0 saturated carbocycles. The molecule has 0 bridgehead atoms. The summed E-state index contributed by atoms with van der Waals surface area (Å²) in [5.41, 5.74) is 6.18. The highest BCUT2D eigenvalue weighted by Crippen LogP contribution is 2.29. The van der Waals surface area contributed by atoms with Gasteiger partial charge in [-0.15, -0.1) is 11.3 Å². The van der Waals surface area contributed by atoms with E-state index in [2.05, 4.69) is 64.3 Å². The minimum Gasteiger partial charge on any atom is -0.361 e. The maximum atomic E-state index is 4.85. The van der Waals surface area contributed by atoms with Crippen molar-refractivity contribution in [2.45, 2.75) is 12.8 Å². The molecule has 2 aromatic heterocycles. The Labute approximate surface area is 151 Å². The minimum atomic E-state index is 0.886. The maximum absolute atomic E-state index is 4.85. The second-order valence-electron chi connectivity index (χ2n) is 6.23. The SMILES string of the molecule is CNCCc1c[nH]c2ccc(-c3nc(Cc4ccccc4)cs3)cc12. The average Bonchev–Trinajstić information content (AvgIpc) is 3.27. The minimum absolute atomic E-state index is 0.886. The molecular weight excluding hydrogens is 326 g/mol. The molecule has 2 heterocycles. The Morgan fingerprint density at radius 2 is 2.00 bits per heavy atom. The Kier molecular flexibility index (Phi) is 4.63. The molecule has 0 radical (unpaired) electrons. The molecule has 0 fully saturated rings. The van der Waals surface area contributed by atoms with Gasteiger partial charge in [-0.1, -0.05) is 30.3 Å². The van der Waals surface area contributed by atoms with E-state index in [-0.39, 0.29) is 0 Å². The zero-order valence-corrected chi connectivity index (χ0v) is 15.1. The first-order chi connectivity index (χ1) is 12.3. The summed E-state index contributed by atoms with van der Waals surface area (Å²) in [6.07, 6.45) is 4.03. The summed E-state index contributed by atoms with van der Waals surface area (Å²) in [5.74, 6) is 0. The summed E-state index contributed by atoms with van der Waals surface area (Å²) in [6, 6.07) is 17.1. The summed E-state index contributed by atoms with van der Waals surface area (Å²) in [5, 5.41) is 7.78. The molecule has 0 aliphatic carbocycles. The Balaban J connectivity index is 1.61. The predicted molar refractivity (Wildman–Crippen MR) is 106 cm³/mol. The largest absolute Gasteiger partial charge is 0.361 e. The van der Waals surface area contributed by atoms with Crippen LogP contribution in [-0.2, 0) is 12.8 Å². The Bertz CT molecular complexity index is 969. The lowest BCUT2D eigenvalue weighted by Crippen LogP contribution is -2.09. The third kappa shape index (κ3) is 3.50. The number of thiazole rings is 1. The van der Waals surface area contributed by atoms with Crippen molar-refractivity contribution < 1.29 is 0 Å². The Morgan fingerprint density at radius 1 is 1.12 bits per heavy atom. The van der Waals surface area contributed by atoms with Gasteiger partial charge in [0.15, 0.2) is 0 Å². The molecule has 2 N–H and O–H groups in total. The summed E-state index contributed by atoms with van der Waals surface area (Å²) < 4.78 is 0. The summed E-state index contributed by atoms with van der Waals surface area (Å²) in [4.78, 5) is 8.22. The molecule has 4 aromatic rings. The van der Waals surface area contributed by atoms with Crippen LogP contribution in [0.5, 0.6) is 0 Å². The third-order valence-corrected chi connectivity index (χ3v) is 5.38. The smallest absolute Gasteiger partial charge is 0.123 e. The van der Waals surface area contributed by atoms with Crippen molar-refractivity contribution in [2.75, 3.05) is 13.6 Å². The molecule has 0 atom stereocenters. The fraction of sp³-hybridized carbons (Fsp3) is 0.190. The van der Waals surface area contributed by atoms with Crippen molar-refractivity contribution in [3.8, 4) is 10.6 Å². The van der Waals surface area contributed by atoms with Crippen molar-refractivity contribution in [2.24, 2.45) is 0 Å². The van der Waals surface area contributed by atoms with E-state index in [0.29, 0.717) is 0 Å². The number of aromatic nitrogens is 2. The third-order valence-electron chi connectivity index (χ3n) is 4.44. The van der Waals surface area contributed by atoms with Crippen LogP contribution in [0.2, 0.25) is 0 Å². The van der Waals surface area contributed by atoms with Crippen LogP contribution in [0.1, 0.15) is 16.8 Å². The van der Waals surface area contributed by atoms with Crippen LogP contribution < -0.4 is 5.32 Å². The predicted octanol–water partition coefficient (Wildman–Crippen LogP) is 4.64. The molecule has 0 spiro atoms. The lowest BCUT2D eigenvalue weighted by molar-refractivity contribution is 0.795. The molecule has 0 saturated heterocycles. The zero-order valence-electron chi connectivity index (χ0n) is 14.3. The van der Waals surface area contributed by atoms with Crippen molar-refractivity contribution in [1.82, 2.24) is 15.3 Å². The standard InChI is InChI=1S/C21H21N3S/c1-22-10-9-17-13-23-20-8-7-16(12-19(17)20)21-24-18(14-25-21)11-15-5-3-2-4-6-15/h2-8,12-14,22-23H,9-11H2,1H3. The van der Waals surface area contributed by atoms with Crippen LogP contribution in [0.4, 0.5) is 0 Å². The second kappa shape index (κ2) is 7.21. The maximum Gasteiger partial charge on any atom is 0.123 e. The van der Waals surface area contributed by atoms with Crippen molar-refractivity contribution in [1.29, 1.82) is 0 Å². The number of H-pyrrole nitrogens is 1. The van der Waals surface area contributed by atoms with Gasteiger partial charge < -0.3 is 10.3 Å². The van der Waals surface area contributed by atoms with Crippen molar-refractivity contribution in [3.63, 3.8) is 0 Å². The van der Waals surface area contributed by atoms with Crippen LogP contribution in [0.15, 0.2) is 60.1 Å². The number of nitrogens with one attached hydrogen (secondary N) is 2. The van der Waals surface area contributed by atoms with Gasteiger partial charge in [0.25, 0.3) is 0 Å². The van der Waals surface area contributed by atoms with Gasteiger partial charge in [0.2, 0.25) is 0 Å². The number of fused-ring (bicyclic) bond motifs is 1. The summed E-state index contributed by atoms with van der Waals surface area (Å²) in [7, 11) is 1.99. The number of benzene rings is 2. The van der Waals surface area contributed by atoms with E-state index >= 15 is 0 Å². The van der Waals surface area contributed by atoms with Gasteiger partial charge in [-0.05, 0) is 49.3 Å². The van der Waals surface area contributed by atoms with Gasteiger partial charge in [-0.25, -0.2) is 4.98 Å². The van der Waals surface area contributed by atoms with E-state index in [1.165, 1.54) is 27.6 Å². The zero-order chi connectivity index (χ0) is 17.1. The van der Waals surface area contributed by atoms with Crippen LogP contribution >= 0.6 is 11.3 Å². The number of hydrogen-bond acceptors (Lipinski definition) is 3. The second-order valence-corrected chi connectivity index (χ2v) is 7.09. The van der Waals surface area contributed by atoms with Gasteiger partial charge in [0.1, 0.15) is 5.01 Å². The molecule has 3 nitrogen and oxygen atoms in total. The van der Waals surface area contributed by atoms with Gasteiger partial charge in [0, 0.05) is 34.5 Å². The fourth-order valence-electron chi connectivity index (χ4n) is 3.10. The normalized spacial score (nSPS) is 11.2. The Morgan fingerprint density at radius 3 is 2.84 bits per heavy atom. The summed E-state index contributed by atoms with van der Waals surface area (Å²) >= 11 is 1.72. The van der Waals surface area contributed by atoms with Crippen molar-refractivity contribution in [3.05, 3.63) is 76.9 Å². The van der Waals surface area contributed by atoms with E-state index < -0.39 is 0 Å². The average molecular weight is 347 g/mol. The van der Waals surface area contributed by atoms with E-state index in [4.69, 9.17) is 4.98 Å². The first kappa shape index (κ1) is 16.1. The number of rotatable bonds is 6. The molecule has 126 valence electrons. The molecule has 25 heavy (non-hydrogen) atoms.